The summed E-state index contributed by atoms with van der Waals surface area (Å²) < 4.78 is 14.5. The Kier molecular flexibility index (Phi) is 11.2. The fourth-order valence-corrected chi connectivity index (χ4v) is 8.43. The molecule has 0 aliphatic rings. The van der Waals surface area contributed by atoms with E-state index in [4.69, 9.17) is 10.8 Å². The fourth-order valence-electron chi connectivity index (χ4n) is 6.84. The van der Waals surface area contributed by atoms with Crippen molar-refractivity contribution in [2.24, 2.45) is 0 Å². The van der Waals surface area contributed by atoms with Crippen molar-refractivity contribution in [3.63, 3.8) is 0 Å². The second-order valence-electron chi connectivity index (χ2n) is 15.4. The van der Waals surface area contributed by atoms with Crippen LogP contribution in [0.5, 0.6) is 0 Å². The molecule has 0 fully saturated rings. The summed E-state index contributed by atoms with van der Waals surface area (Å²) in [5.74, 6) is -0.648. The van der Waals surface area contributed by atoms with Crippen molar-refractivity contribution < 1.29 is 25.9 Å². The maximum atomic E-state index is 8.61. The molecule has 3 nitrogen and oxygen atoms in total. The van der Waals surface area contributed by atoms with E-state index in [0.29, 0.717) is 0 Å². The largest absolute Gasteiger partial charge is 0.500 e. The fraction of sp³-hybridized carbons (Fsp3) is 0.184. The van der Waals surface area contributed by atoms with Gasteiger partial charge in [0.2, 0.25) is 0 Å². The van der Waals surface area contributed by atoms with Gasteiger partial charge < -0.3 is 14.4 Å². The molecular weight excluding hydrogens is 853 g/mol. The molecule has 3 heterocycles. The van der Waals surface area contributed by atoms with Gasteiger partial charge in [0.1, 0.15) is 5.58 Å². The second kappa shape index (κ2) is 16.2. The topological polar surface area (TPSA) is 38.9 Å². The summed E-state index contributed by atoms with van der Waals surface area (Å²) >= 11 is 0. The predicted octanol–water partition coefficient (Wildman–Crippen LogP) is 12.7. The molecule has 1 radical (unpaired) electrons. The number of aromatic nitrogens is 2. The number of furan rings is 1. The van der Waals surface area contributed by atoms with Crippen molar-refractivity contribution in [1.82, 2.24) is 9.97 Å². The quantitative estimate of drug-likeness (QED) is 0.118. The number of pyridine rings is 2. The van der Waals surface area contributed by atoms with Crippen LogP contribution in [0.2, 0.25) is 19.6 Å². The van der Waals surface area contributed by atoms with Crippen LogP contribution in [0.15, 0.2) is 150 Å². The van der Waals surface area contributed by atoms with Crippen LogP contribution in [0.25, 0.3) is 55.6 Å². The maximum Gasteiger partial charge on any atom is 0.120 e. The first-order valence-electron chi connectivity index (χ1n) is 18.7. The van der Waals surface area contributed by atoms with E-state index >= 15 is 0 Å². The normalized spacial score (nSPS) is 12.1. The molecule has 0 unspecified atom stereocenters. The first kappa shape index (κ1) is 37.4. The molecule has 5 aromatic carbocycles. The van der Waals surface area contributed by atoms with E-state index in [1.807, 2.05) is 74.8 Å². The van der Waals surface area contributed by atoms with Crippen LogP contribution in [0.4, 0.5) is 0 Å². The first-order chi connectivity index (χ1) is 25.8. The van der Waals surface area contributed by atoms with Gasteiger partial charge in [0.25, 0.3) is 0 Å². The Labute approximate surface area is 336 Å². The molecule has 0 atom stereocenters. The summed E-state index contributed by atoms with van der Waals surface area (Å²) in [6.07, 6.45) is 3.89. The summed E-state index contributed by atoms with van der Waals surface area (Å²) in [6, 6.07) is 52.3. The van der Waals surface area contributed by atoms with Gasteiger partial charge in [-0.3, -0.25) is 0 Å². The number of para-hydroxylation sites is 1. The van der Waals surface area contributed by atoms with Gasteiger partial charge in [-0.1, -0.05) is 149 Å². The maximum absolute atomic E-state index is 8.61. The third kappa shape index (κ3) is 8.24. The number of rotatable bonds is 7. The van der Waals surface area contributed by atoms with E-state index in [9.17, 15) is 0 Å². The summed E-state index contributed by atoms with van der Waals surface area (Å²) in [7, 11) is -1.57. The molecule has 0 saturated heterocycles. The van der Waals surface area contributed by atoms with E-state index in [-0.39, 0.29) is 25.5 Å². The van der Waals surface area contributed by atoms with E-state index in [0.717, 1.165) is 55.6 Å². The van der Waals surface area contributed by atoms with Gasteiger partial charge in [0.05, 0.1) is 13.7 Å². The van der Waals surface area contributed by atoms with Crippen molar-refractivity contribution in [3.8, 4) is 33.6 Å². The van der Waals surface area contributed by atoms with Gasteiger partial charge in [-0.25, -0.2) is 0 Å². The van der Waals surface area contributed by atoms with Gasteiger partial charge in [-0.05, 0) is 51.3 Å². The van der Waals surface area contributed by atoms with Crippen LogP contribution >= 0.6 is 0 Å². The minimum atomic E-state index is -1.57. The van der Waals surface area contributed by atoms with E-state index in [2.05, 4.69) is 136 Å². The SMILES string of the molecule is CC(C)(c1ccccc1)c1ccnc(-c2[c-]cc3oc4ccccc4c3c2)c1.[2H]C(C)(C)c1cc(-c2[c-]ccc(-c3ccccc3)c2)ncc1[Si](C)(C)C.[Ir]. The summed E-state index contributed by atoms with van der Waals surface area (Å²) in [6.45, 7) is 15.3. The van der Waals surface area contributed by atoms with Crippen molar-refractivity contribution in [1.29, 1.82) is 0 Å². The van der Waals surface area contributed by atoms with E-state index < -0.39 is 14.0 Å². The van der Waals surface area contributed by atoms with Gasteiger partial charge >= 0.3 is 0 Å². The molecule has 8 aromatic rings. The molecule has 0 aliphatic heterocycles. The minimum Gasteiger partial charge on any atom is -0.500 e. The molecule has 0 aliphatic carbocycles. The zero-order chi connectivity index (χ0) is 38.1. The van der Waals surface area contributed by atoms with Crippen molar-refractivity contribution in [3.05, 3.63) is 175 Å². The molecule has 273 valence electrons. The Morgan fingerprint density at radius 1 is 0.667 bits per heavy atom. The molecule has 8 rings (SSSR count). The number of fused-ring (bicyclic) bond motifs is 3. The van der Waals surface area contributed by atoms with Crippen LogP contribution < -0.4 is 5.19 Å². The third-order valence-corrected chi connectivity index (χ3v) is 12.0. The van der Waals surface area contributed by atoms with Crippen LogP contribution in [-0.4, -0.2) is 18.0 Å². The zero-order valence-electron chi connectivity index (χ0n) is 33.0. The molecule has 0 saturated carbocycles. The molecule has 3 aromatic heterocycles. The number of benzene rings is 5. The Morgan fingerprint density at radius 3 is 2.06 bits per heavy atom. The zero-order valence-corrected chi connectivity index (χ0v) is 35.4. The Hall–Kier alpha value is -4.93. The second-order valence-corrected chi connectivity index (χ2v) is 20.4. The van der Waals surface area contributed by atoms with Crippen LogP contribution in [0.3, 0.4) is 0 Å². The average molecular weight is 900 g/mol. The summed E-state index contributed by atoms with van der Waals surface area (Å²) in [4.78, 5) is 9.37. The van der Waals surface area contributed by atoms with Gasteiger partial charge in [0, 0.05) is 44.7 Å². The van der Waals surface area contributed by atoms with Gasteiger partial charge in [0.15, 0.2) is 0 Å². The smallest absolute Gasteiger partial charge is 0.120 e. The van der Waals surface area contributed by atoms with Crippen LogP contribution in [-0.2, 0) is 25.5 Å². The molecular formula is C49H46IrN2OSi-2. The van der Waals surface area contributed by atoms with Crippen molar-refractivity contribution in [2.75, 3.05) is 0 Å². The Bertz CT molecular complexity index is 2550. The standard InChI is InChI=1S/C26H20NO.C23H26NSi.Ir/c1-26(2,19-8-4-3-5-9-19)20-14-15-27-23(17-20)18-12-13-25-22(16-18)21-10-6-7-11-24(21)28-25;1-17(2)21-15-22(24-16-23(21)25(3,4)5)20-13-9-12-19(14-20)18-10-7-6-8-11-18;/h3-11,13-17H,1-2H3;6-12,14-17H,1-5H3;/q2*-1;/i;17D;. The Morgan fingerprint density at radius 2 is 1.33 bits per heavy atom. The van der Waals surface area contributed by atoms with Crippen molar-refractivity contribution in [2.45, 2.75) is 58.6 Å². The van der Waals surface area contributed by atoms with Gasteiger partial charge in [-0.15, -0.1) is 59.2 Å². The first-order valence-corrected chi connectivity index (χ1v) is 21.7. The van der Waals surface area contributed by atoms with Gasteiger partial charge in [-0.2, -0.15) is 0 Å². The van der Waals surface area contributed by atoms with E-state index in [1.165, 1.54) is 21.9 Å². The molecule has 0 N–H and O–H groups in total. The summed E-state index contributed by atoms with van der Waals surface area (Å²) in [5.41, 5.74) is 11.3. The molecule has 0 bridgehead atoms. The number of nitrogens with zero attached hydrogens (tertiary/aromatic N) is 2. The Balaban J connectivity index is 0.000000184. The number of hydrogen-bond donors (Lipinski definition) is 0. The average Bonchev–Trinajstić information content (AvgIpc) is 3.56. The van der Waals surface area contributed by atoms with E-state index in [1.54, 1.807) is 0 Å². The minimum absolute atomic E-state index is 0. The monoisotopic (exact) mass is 900 g/mol. The third-order valence-electron chi connectivity index (χ3n) is 10.00. The van der Waals surface area contributed by atoms with Crippen LogP contribution in [0.1, 0.15) is 51.7 Å². The summed E-state index contributed by atoms with van der Waals surface area (Å²) in [5, 5.41) is 3.48. The van der Waals surface area contributed by atoms with Crippen LogP contribution in [0, 0.1) is 12.1 Å². The molecule has 5 heteroatoms. The molecule has 54 heavy (non-hydrogen) atoms. The van der Waals surface area contributed by atoms with Crippen molar-refractivity contribution >= 4 is 35.2 Å². The number of hydrogen-bond acceptors (Lipinski definition) is 3. The molecule has 0 amide bonds. The molecule has 0 spiro atoms. The predicted molar refractivity (Wildman–Crippen MR) is 225 cm³/mol.